The zero-order valence-corrected chi connectivity index (χ0v) is 13.8. The van der Waals surface area contributed by atoms with E-state index in [0.717, 1.165) is 22.3 Å². The first-order valence-corrected chi connectivity index (χ1v) is 7.45. The van der Waals surface area contributed by atoms with Gasteiger partial charge in [-0.05, 0) is 44.4 Å². The first-order valence-electron chi connectivity index (χ1n) is 7.45. The first kappa shape index (κ1) is 14.6. The van der Waals surface area contributed by atoms with E-state index in [1.54, 1.807) is 0 Å². The largest absolute Gasteiger partial charge is 0.473 e. The molecule has 0 saturated carbocycles. The minimum Gasteiger partial charge on any atom is -0.473 e. The number of fused-ring (bicyclic) bond motifs is 1. The van der Waals surface area contributed by atoms with E-state index in [0.29, 0.717) is 12.5 Å². The Hall–Kier alpha value is -2.36. The van der Waals surface area contributed by atoms with Crippen LogP contribution in [0.25, 0.3) is 11.0 Å². The lowest BCUT2D eigenvalue weighted by Gasteiger charge is -2.10. The lowest BCUT2D eigenvalue weighted by molar-refractivity contribution is 0.293. The van der Waals surface area contributed by atoms with Crippen LogP contribution in [0.15, 0.2) is 24.3 Å². The van der Waals surface area contributed by atoms with E-state index in [9.17, 15) is 0 Å². The van der Waals surface area contributed by atoms with Crippen molar-refractivity contribution in [2.24, 2.45) is 7.05 Å². The summed E-state index contributed by atoms with van der Waals surface area (Å²) >= 11 is 0. The predicted octanol–water partition coefficient (Wildman–Crippen LogP) is 3.78. The van der Waals surface area contributed by atoms with Crippen molar-refractivity contribution in [1.29, 1.82) is 0 Å². The third-order valence-corrected chi connectivity index (χ3v) is 4.02. The Balaban J connectivity index is 1.91. The van der Waals surface area contributed by atoms with Crippen LogP contribution >= 0.6 is 0 Å². The topological polar surface area (TPSA) is 39.9 Å². The number of nitrogens with zero attached hydrogens (tertiary/aromatic N) is 3. The molecule has 0 saturated heterocycles. The molecule has 0 atom stereocenters. The number of pyridine rings is 1. The third-order valence-electron chi connectivity index (χ3n) is 4.02. The van der Waals surface area contributed by atoms with Crippen LogP contribution < -0.4 is 4.74 Å². The van der Waals surface area contributed by atoms with Gasteiger partial charge in [-0.1, -0.05) is 23.8 Å². The van der Waals surface area contributed by atoms with Gasteiger partial charge in [0.1, 0.15) is 6.61 Å². The monoisotopic (exact) mass is 295 g/mol. The van der Waals surface area contributed by atoms with Crippen molar-refractivity contribution in [3.05, 3.63) is 52.2 Å². The molecular weight excluding hydrogens is 274 g/mol. The van der Waals surface area contributed by atoms with E-state index in [-0.39, 0.29) is 0 Å². The Kier molecular flexibility index (Phi) is 3.61. The number of ether oxygens (including phenoxy) is 1. The normalized spacial score (nSPS) is 11.1. The summed E-state index contributed by atoms with van der Waals surface area (Å²) in [5.41, 5.74) is 6.69. The fourth-order valence-corrected chi connectivity index (χ4v) is 2.81. The molecule has 22 heavy (non-hydrogen) atoms. The molecule has 3 aromatic rings. The van der Waals surface area contributed by atoms with Crippen molar-refractivity contribution in [2.75, 3.05) is 0 Å². The van der Waals surface area contributed by atoms with Crippen LogP contribution in [0.5, 0.6) is 5.88 Å². The van der Waals surface area contributed by atoms with Gasteiger partial charge in [-0.3, -0.25) is 4.68 Å². The number of hydrogen-bond donors (Lipinski definition) is 0. The molecule has 2 heterocycles. The Morgan fingerprint density at radius 1 is 1.05 bits per heavy atom. The molecule has 0 bridgehead atoms. The molecule has 0 aliphatic rings. The lowest BCUT2D eigenvalue weighted by Crippen LogP contribution is -2.01. The maximum atomic E-state index is 5.93. The second-order valence-corrected chi connectivity index (χ2v) is 5.90. The molecule has 4 heteroatoms. The van der Waals surface area contributed by atoms with Gasteiger partial charge < -0.3 is 4.74 Å². The first-order chi connectivity index (χ1) is 10.5. The molecule has 3 rings (SSSR count). The molecular formula is C18H21N3O. The Bertz CT molecular complexity index is 849. The van der Waals surface area contributed by atoms with Gasteiger partial charge in [0.25, 0.3) is 0 Å². The van der Waals surface area contributed by atoms with Crippen LogP contribution in [0, 0.1) is 27.7 Å². The standard InChI is InChI=1S/C18H21N3O/c1-11-6-7-12(2)15(8-11)10-22-16-9-13(3)17-14(4)20-21(5)18(17)19-16/h6-9H,10H2,1-5H3. The number of aromatic nitrogens is 3. The summed E-state index contributed by atoms with van der Waals surface area (Å²) < 4.78 is 7.74. The van der Waals surface area contributed by atoms with E-state index in [2.05, 4.69) is 49.1 Å². The van der Waals surface area contributed by atoms with Crippen LogP contribution in [-0.4, -0.2) is 14.8 Å². The van der Waals surface area contributed by atoms with Gasteiger partial charge in [0.15, 0.2) is 5.65 Å². The van der Waals surface area contributed by atoms with Crippen molar-refractivity contribution in [1.82, 2.24) is 14.8 Å². The van der Waals surface area contributed by atoms with E-state index in [1.165, 1.54) is 16.7 Å². The molecule has 0 radical (unpaired) electrons. The van der Waals surface area contributed by atoms with Crippen LogP contribution in [0.1, 0.15) is 27.9 Å². The quantitative estimate of drug-likeness (QED) is 0.738. The number of rotatable bonds is 3. The second-order valence-electron chi connectivity index (χ2n) is 5.90. The van der Waals surface area contributed by atoms with E-state index in [1.807, 2.05) is 24.7 Å². The van der Waals surface area contributed by atoms with Crippen LogP contribution in [0.2, 0.25) is 0 Å². The van der Waals surface area contributed by atoms with Gasteiger partial charge in [0.05, 0.1) is 5.69 Å². The van der Waals surface area contributed by atoms with E-state index >= 15 is 0 Å². The van der Waals surface area contributed by atoms with Crippen molar-refractivity contribution in [3.63, 3.8) is 0 Å². The minimum atomic E-state index is 0.530. The zero-order valence-electron chi connectivity index (χ0n) is 13.8. The molecule has 0 spiro atoms. The molecule has 1 aromatic carbocycles. The maximum Gasteiger partial charge on any atom is 0.215 e. The van der Waals surface area contributed by atoms with Crippen molar-refractivity contribution in [2.45, 2.75) is 34.3 Å². The summed E-state index contributed by atoms with van der Waals surface area (Å²) in [7, 11) is 1.91. The van der Waals surface area contributed by atoms with Gasteiger partial charge in [-0.15, -0.1) is 0 Å². The summed E-state index contributed by atoms with van der Waals surface area (Å²) in [6.45, 7) is 8.81. The molecule has 114 valence electrons. The van der Waals surface area contributed by atoms with Crippen molar-refractivity contribution in [3.8, 4) is 5.88 Å². The van der Waals surface area contributed by atoms with Crippen LogP contribution in [0.3, 0.4) is 0 Å². The van der Waals surface area contributed by atoms with Crippen LogP contribution in [-0.2, 0) is 13.7 Å². The van der Waals surface area contributed by atoms with Gasteiger partial charge in [0, 0.05) is 18.5 Å². The molecule has 0 aliphatic carbocycles. The van der Waals surface area contributed by atoms with Gasteiger partial charge in [0.2, 0.25) is 5.88 Å². The SMILES string of the molecule is Cc1ccc(C)c(COc2cc(C)c3c(C)nn(C)c3n2)c1. The molecule has 0 N–H and O–H groups in total. The van der Waals surface area contributed by atoms with Crippen molar-refractivity contribution < 1.29 is 4.74 Å². The Morgan fingerprint density at radius 2 is 1.82 bits per heavy atom. The summed E-state index contributed by atoms with van der Waals surface area (Å²) in [6, 6.07) is 8.39. The number of aryl methyl sites for hydroxylation is 5. The lowest BCUT2D eigenvalue weighted by atomic mass is 10.1. The van der Waals surface area contributed by atoms with Crippen molar-refractivity contribution >= 4 is 11.0 Å². The molecule has 0 amide bonds. The smallest absolute Gasteiger partial charge is 0.215 e. The van der Waals surface area contributed by atoms with Gasteiger partial charge in [-0.25, -0.2) is 0 Å². The Morgan fingerprint density at radius 3 is 2.59 bits per heavy atom. The van der Waals surface area contributed by atoms with Gasteiger partial charge >= 0.3 is 0 Å². The highest BCUT2D eigenvalue weighted by Crippen LogP contribution is 2.24. The number of benzene rings is 1. The molecule has 4 nitrogen and oxygen atoms in total. The summed E-state index contributed by atoms with van der Waals surface area (Å²) in [4.78, 5) is 4.60. The summed E-state index contributed by atoms with van der Waals surface area (Å²) in [5.74, 6) is 0.647. The molecule has 0 fully saturated rings. The summed E-state index contributed by atoms with van der Waals surface area (Å²) in [5, 5.41) is 5.55. The highest BCUT2D eigenvalue weighted by atomic mass is 16.5. The fourth-order valence-electron chi connectivity index (χ4n) is 2.81. The predicted molar refractivity (Wildman–Crippen MR) is 88.2 cm³/mol. The molecule has 0 aliphatic heterocycles. The van der Waals surface area contributed by atoms with E-state index < -0.39 is 0 Å². The number of hydrogen-bond acceptors (Lipinski definition) is 3. The highest BCUT2D eigenvalue weighted by molar-refractivity contribution is 5.82. The second kappa shape index (κ2) is 5.44. The molecule has 0 unspecified atom stereocenters. The highest BCUT2D eigenvalue weighted by Gasteiger charge is 2.12. The average Bonchev–Trinajstić information content (AvgIpc) is 2.75. The zero-order chi connectivity index (χ0) is 15.9. The maximum absolute atomic E-state index is 5.93. The Labute approximate surface area is 130 Å². The van der Waals surface area contributed by atoms with Crippen LogP contribution in [0.4, 0.5) is 0 Å². The summed E-state index contributed by atoms with van der Waals surface area (Å²) in [6.07, 6.45) is 0. The van der Waals surface area contributed by atoms with E-state index in [4.69, 9.17) is 4.74 Å². The fraction of sp³-hybridized carbons (Fsp3) is 0.333. The average molecular weight is 295 g/mol. The van der Waals surface area contributed by atoms with Gasteiger partial charge in [-0.2, -0.15) is 10.1 Å². The minimum absolute atomic E-state index is 0.530. The third kappa shape index (κ3) is 2.56. The molecule has 2 aromatic heterocycles.